The lowest BCUT2D eigenvalue weighted by Gasteiger charge is -2.13. The molecule has 0 amide bonds. The molecule has 2 aromatic rings. The molecule has 0 spiro atoms. The van der Waals surface area contributed by atoms with Crippen molar-refractivity contribution >= 4 is 23.0 Å². The van der Waals surface area contributed by atoms with Crippen molar-refractivity contribution in [2.45, 2.75) is 26.5 Å². The average molecular weight is 301 g/mol. The average Bonchev–Trinajstić information content (AvgIpc) is 2.46. The Morgan fingerprint density at radius 3 is 2.81 bits per heavy atom. The molecule has 0 fully saturated rings. The first kappa shape index (κ1) is 15.3. The van der Waals surface area contributed by atoms with Crippen LogP contribution in [-0.4, -0.2) is 16.2 Å². The van der Waals surface area contributed by atoms with Gasteiger partial charge in [0.1, 0.15) is 5.75 Å². The molecular weight excluding hydrogens is 282 g/mol. The molecule has 0 unspecified atom stereocenters. The molecule has 0 aliphatic rings. The maximum atomic E-state index is 5.65. The van der Waals surface area contributed by atoms with Crippen molar-refractivity contribution < 1.29 is 4.74 Å². The summed E-state index contributed by atoms with van der Waals surface area (Å²) in [5, 5.41) is 6.82. The largest absolute Gasteiger partial charge is 0.491 e. The highest BCUT2D eigenvalue weighted by atomic mass is 32.1. The third kappa shape index (κ3) is 5.39. The number of nitrogens with zero attached hydrogens (tertiary/aromatic N) is 1. The predicted molar refractivity (Wildman–Crippen MR) is 89.5 cm³/mol. The Bertz CT molecular complexity index is 587. The standard InChI is InChI=1S/C16H19N3OS/c1-12(2)20-15-8-5-7-13(10-15)19-16(21)18-11-14-6-3-4-9-17-14/h3-10,12H,11H2,1-2H3,(H2,18,19,21). The van der Waals surface area contributed by atoms with Gasteiger partial charge >= 0.3 is 0 Å². The van der Waals surface area contributed by atoms with Crippen LogP contribution >= 0.6 is 12.2 Å². The fourth-order valence-electron chi connectivity index (χ4n) is 1.77. The van der Waals surface area contributed by atoms with E-state index in [4.69, 9.17) is 17.0 Å². The van der Waals surface area contributed by atoms with Crippen molar-refractivity contribution in [1.82, 2.24) is 10.3 Å². The molecule has 110 valence electrons. The SMILES string of the molecule is CC(C)Oc1cccc(NC(=S)NCc2ccccn2)c1. The molecule has 1 aromatic carbocycles. The van der Waals surface area contributed by atoms with Gasteiger partial charge in [0.15, 0.2) is 5.11 Å². The number of hydrogen-bond acceptors (Lipinski definition) is 3. The third-order valence-corrected chi connectivity index (χ3v) is 2.87. The summed E-state index contributed by atoms with van der Waals surface area (Å²) >= 11 is 5.28. The van der Waals surface area contributed by atoms with E-state index in [-0.39, 0.29) is 6.10 Å². The van der Waals surface area contributed by atoms with Gasteiger partial charge in [0, 0.05) is 18.0 Å². The van der Waals surface area contributed by atoms with Crippen LogP contribution in [0.1, 0.15) is 19.5 Å². The summed E-state index contributed by atoms with van der Waals surface area (Å²) in [7, 11) is 0. The monoisotopic (exact) mass is 301 g/mol. The number of ether oxygens (including phenoxy) is 1. The maximum Gasteiger partial charge on any atom is 0.171 e. The minimum absolute atomic E-state index is 0.148. The molecule has 0 aliphatic heterocycles. The van der Waals surface area contributed by atoms with Gasteiger partial charge in [-0.2, -0.15) is 0 Å². The van der Waals surface area contributed by atoms with Crippen LogP contribution in [0.4, 0.5) is 5.69 Å². The van der Waals surface area contributed by atoms with Gasteiger partial charge in [-0.25, -0.2) is 0 Å². The first-order valence-electron chi connectivity index (χ1n) is 6.85. The summed E-state index contributed by atoms with van der Waals surface area (Å²) in [6.45, 7) is 4.59. The van der Waals surface area contributed by atoms with Crippen molar-refractivity contribution in [2.24, 2.45) is 0 Å². The van der Waals surface area contributed by atoms with Crippen molar-refractivity contribution in [3.8, 4) is 5.75 Å². The Labute approximate surface area is 130 Å². The zero-order valence-corrected chi connectivity index (χ0v) is 13.0. The lowest BCUT2D eigenvalue weighted by atomic mass is 10.3. The minimum Gasteiger partial charge on any atom is -0.491 e. The number of rotatable bonds is 5. The Hall–Kier alpha value is -2.14. The van der Waals surface area contributed by atoms with Gasteiger partial charge in [0.05, 0.1) is 18.3 Å². The van der Waals surface area contributed by atoms with E-state index in [1.165, 1.54) is 0 Å². The van der Waals surface area contributed by atoms with E-state index in [1.807, 2.05) is 56.3 Å². The number of pyridine rings is 1. The van der Waals surface area contributed by atoms with Crippen LogP contribution in [0.15, 0.2) is 48.7 Å². The molecule has 0 bridgehead atoms. The number of thiocarbonyl (C=S) groups is 1. The van der Waals surface area contributed by atoms with Crippen LogP contribution in [0.25, 0.3) is 0 Å². The molecule has 21 heavy (non-hydrogen) atoms. The van der Waals surface area contributed by atoms with Crippen LogP contribution in [0.2, 0.25) is 0 Å². The van der Waals surface area contributed by atoms with E-state index < -0.39 is 0 Å². The lowest BCUT2D eigenvalue weighted by molar-refractivity contribution is 0.242. The first-order chi connectivity index (χ1) is 10.1. The molecule has 0 saturated heterocycles. The molecule has 0 atom stereocenters. The number of aromatic nitrogens is 1. The Kier molecular flexibility index (Phi) is 5.51. The van der Waals surface area contributed by atoms with Crippen molar-refractivity contribution in [1.29, 1.82) is 0 Å². The van der Waals surface area contributed by atoms with E-state index >= 15 is 0 Å². The molecule has 2 rings (SSSR count). The molecule has 1 heterocycles. The van der Waals surface area contributed by atoms with Gasteiger partial charge in [-0.3, -0.25) is 4.98 Å². The zero-order valence-electron chi connectivity index (χ0n) is 12.2. The quantitative estimate of drug-likeness (QED) is 0.829. The Morgan fingerprint density at radius 1 is 1.24 bits per heavy atom. The van der Waals surface area contributed by atoms with Gasteiger partial charge < -0.3 is 15.4 Å². The van der Waals surface area contributed by atoms with E-state index in [0.717, 1.165) is 17.1 Å². The number of nitrogens with one attached hydrogen (secondary N) is 2. The smallest absolute Gasteiger partial charge is 0.171 e. The van der Waals surface area contributed by atoms with Gasteiger partial charge in [-0.05, 0) is 50.3 Å². The molecule has 0 radical (unpaired) electrons. The second-order valence-corrected chi connectivity index (χ2v) is 5.23. The summed E-state index contributed by atoms with van der Waals surface area (Å²) in [6, 6.07) is 13.5. The van der Waals surface area contributed by atoms with Crippen molar-refractivity contribution in [2.75, 3.05) is 5.32 Å². The van der Waals surface area contributed by atoms with Crippen LogP contribution in [0.3, 0.4) is 0 Å². The van der Waals surface area contributed by atoms with Crippen molar-refractivity contribution in [3.05, 3.63) is 54.4 Å². The van der Waals surface area contributed by atoms with E-state index in [9.17, 15) is 0 Å². The number of benzene rings is 1. The van der Waals surface area contributed by atoms with Gasteiger partial charge in [0.25, 0.3) is 0 Å². The lowest BCUT2D eigenvalue weighted by Crippen LogP contribution is -2.28. The van der Waals surface area contributed by atoms with E-state index in [0.29, 0.717) is 11.7 Å². The maximum absolute atomic E-state index is 5.65. The number of hydrogen-bond donors (Lipinski definition) is 2. The van der Waals surface area contributed by atoms with E-state index in [2.05, 4.69) is 15.6 Å². The van der Waals surface area contributed by atoms with Crippen LogP contribution in [0.5, 0.6) is 5.75 Å². The summed E-state index contributed by atoms with van der Waals surface area (Å²) in [5.74, 6) is 0.822. The molecule has 4 nitrogen and oxygen atoms in total. The summed E-state index contributed by atoms with van der Waals surface area (Å²) in [5.41, 5.74) is 1.84. The highest BCUT2D eigenvalue weighted by Gasteiger charge is 2.02. The summed E-state index contributed by atoms with van der Waals surface area (Å²) in [6.07, 6.45) is 1.91. The number of anilines is 1. The topological polar surface area (TPSA) is 46.2 Å². The zero-order chi connectivity index (χ0) is 15.1. The van der Waals surface area contributed by atoms with Gasteiger partial charge in [0.2, 0.25) is 0 Å². The highest BCUT2D eigenvalue weighted by Crippen LogP contribution is 2.18. The third-order valence-electron chi connectivity index (χ3n) is 2.62. The fraction of sp³-hybridized carbons (Fsp3) is 0.250. The normalized spacial score (nSPS) is 10.2. The Balaban J connectivity index is 1.87. The fourth-order valence-corrected chi connectivity index (χ4v) is 1.96. The predicted octanol–water partition coefficient (Wildman–Crippen LogP) is 3.36. The summed E-state index contributed by atoms with van der Waals surface area (Å²) in [4.78, 5) is 4.23. The van der Waals surface area contributed by atoms with Crippen LogP contribution < -0.4 is 15.4 Å². The van der Waals surface area contributed by atoms with Gasteiger partial charge in [-0.1, -0.05) is 12.1 Å². The molecule has 2 N–H and O–H groups in total. The molecule has 0 aliphatic carbocycles. The second kappa shape index (κ2) is 7.59. The van der Waals surface area contributed by atoms with E-state index in [1.54, 1.807) is 6.20 Å². The highest BCUT2D eigenvalue weighted by molar-refractivity contribution is 7.80. The van der Waals surface area contributed by atoms with Crippen molar-refractivity contribution in [3.63, 3.8) is 0 Å². The Morgan fingerprint density at radius 2 is 2.10 bits per heavy atom. The summed E-state index contributed by atoms with van der Waals surface area (Å²) < 4.78 is 5.65. The minimum atomic E-state index is 0.148. The molecule has 5 heteroatoms. The molecule has 0 saturated carbocycles. The van der Waals surface area contributed by atoms with Crippen LogP contribution in [-0.2, 0) is 6.54 Å². The van der Waals surface area contributed by atoms with Crippen LogP contribution in [0, 0.1) is 0 Å². The molecular formula is C16H19N3OS. The second-order valence-electron chi connectivity index (χ2n) is 4.82. The van der Waals surface area contributed by atoms with Gasteiger partial charge in [-0.15, -0.1) is 0 Å². The first-order valence-corrected chi connectivity index (χ1v) is 7.26. The molecule has 1 aromatic heterocycles.